The number of anilines is 2. The number of carbonyl (C=O) groups is 3. The Morgan fingerprint density at radius 2 is 1.26 bits per heavy atom. The number of ether oxygens (including phenoxy) is 2. The van der Waals surface area contributed by atoms with Gasteiger partial charge in [0.2, 0.25) is 5.91 Å². The molecule has 3 aromatic rings. The van der Waals surface area contributed by atoms with Crippen molar-refractivity contribution in [2.75, 3.05) is 17.2 Å². The second-order valence-corrected chi connectivity index (χ2v) is 6.82. The molecule has 0 atom stereocenters. The molecule has 0 bridgehead atoms. The molecule has 0 radical (unpaired) electrons. The molecule has 7 heteroatoms. The van der Waals surface area contributed by atoms with Crippen LogP contribution in [0, 0.1) is 6.92 Å². The van der Waals surface area contributed by atoms with Crippen LogP contribution in [0.1, 0.15) is 22.8 Å². The molecule has 0 unspecified atom stereocenters. The van der Waals surface area contributed by atoms with E-state index in [2.05, 4.69) is 10.6 Å². The standard InChI is InChI=1S/C24H22N2O5/c1-16-3-11-21(12-4-16)31-22-13-9-20(10-14-22)26-23(28)15-30-24(29)18-5-7-19(8-6-18)25-17(2)27/h3-14H,15H2,1-2H3,(H,25,27)(H,26,28). The molecule has 0 spiro atoms. The highest BCUT2D eigenvalue weighted by molar-refractivity contribution is 5.96. The van der Waals surface area contributed by atoms with Gasteiger partial charge < -0.3 is 20.1 Å². The van der Waals surface area contributed by atoms with Crippen LogP contribution in [0.5, 0.6) is 11.5 Å². The molecule has 0 aliphatic rings. The van der Waals surface area contributed by atoms with Crippen LogP contribution in [0.3, 0.4) is 0 Å². The third kappa shape index (κ3) is 6.71. The van der Waals surface area contributed by atoms with Crippen molar-refractivity contribution in [3.05, 3.63) is 83.9 Å². The van der Waals surface area contributed by atoms with Crippen LogP contribution in [0.2, 0.25) is 0 Å². The summed E-state index contributed by atoms with van der Waals surface area (Å²) in [6, 6.07) is 20.7. The van der Waals surface area contributed by atoms with Crippen LogP contribution in [0.4, 0.5) is 11.4 Å². The normalized spacial score (nSPS) is 10.1. The first-order valence-corrected chi connectivity index (χ1v) is 9.58. The van der Waals surface area contributed by atoms with Crippen molar-refractivity contribution in [2.45, 2.75) is 13.8 Å². The van der Waals surface area contributed by atoms with E-state index in [0.29, 0.717) is 17.1 Å². The molecule has 0 heterocycles. The van der Waals surface area contributed by atoms with Gasteiger partial charge in [0.1, 0.15) is 11.5 Å². The van der Waals surface area contributed by atoms with Crippen molar-refractivity contribution in [2.24, 2.45) is 0 Å². The maximum absolute atomic E-state index is 12.1. The summed E-state index contributed by atoms with van der Waals surface area (Å²) >= 11 is 0. The van der Waals surface area contributed by atoms with E-state index in [4.69, 9.17) is 9.47 Å². The van der Waals surface area contributed by atoms with Gasteiger partial charge in [-0.15, -0.1) is 0 Å². The monoisotopic (exact) mass is 418 g/mol. The second-order valence-electron chi connectivity index (χ2n) is 6.82. The average Bonchev–Trinajstić information content (AvgIpc) is 2.75. The third-order valence-corrected chi connectivity index (χ3v) is 4.17. The molecule has 3 rings (SSSR count). The van der Waals surface area contributed by atoms with Gasteiger partial charge in [0.15, 0.2) is 6.61 Å². The van der Waals surface area contributed by atoms with Crippen molar-refractivity contribution < 1.29 is 23.9 Å². The summed E-state index contributed by atoms with van der Waals surface area (Å²) in [6.07, 6.45) is 0. The van der Waals surface area contributed by atoms with E-state index in [1.165, 1.54) is 19.1 Å². The zero-order valence-corrected chi connectivity index (χ0v) is 17.2. The molecule has 3 aromatic carbocycles. The first kappa shape index (κ1) is 21.6. The van der Waals surface area contributed by atoms with Gasteiger partial charge in [-0.1, -0.05) is 17.7 Å². The molecule has 0 saturated carbocycles. The first-order chi connectivity index (χ1) is 14.9. The number of hydrogen-bond donors (Lipinski definition) is 2. The minimum Gasteiger partial charge on any atom is -0.457 e. The van der Waals surface area contributed by atoms with Crippen LogP contribution in [0.15, 0.2) is 72.8 Å². The Morgan fingerprint density at radius 1 is 0.742 bits per heavy atom. The Labute approximate surface area is 180 Å². The minimum atomic E-state index is -0.633. The van der Waals surface area contributed by atoms with E-state index < -0.39 is 18.5 Å². The highest BCUT2D eigenvalue weighted by Crippen LogP contribution is 2.23. The lowest BCUT2D eigenvalue weighted by atomic mass is 10.2. The molecule has 0 fully saturated rings. The zero-order valence-electron chi connectivity index (χ0n) is 17.2. The number of benzene rings is 3. The molecule has 158 valence electrons. The molecule has 0 aliphatic carbocycles. The van der Waals surface area contributed by atoms with E-state index in [0.717, 1.165) is 11.3 Å². The fourth-order valence-electron chi connectivity index (χ4n) is 2.65. The Bertz CT molecular complexity index is 1060. The summed E-state index contributed by atoms with van der Waals surface area (Å²) in [7, 11) is 0. The Morgan fingerprint density at radius 3 is 1.84 bits per heavy atom. The van der Waals surface area contributed by atoms with E-state index in [1.807, 2.05) is 31.2 Å². The summed E-state index contributed by atoms with van der Waals surface area (Å²) in [4.78, 5) is 35.1. The number of nitrogens with one attached hydrogen (secondary N) is 2. The molecule has 0 aliphatic heterocycles. The summed E-state index contributed by atoms with van der Waals surface area (Å²) < 4.78 is 10.8. The van der Waals surface area contributed by atoms with Crippen molar-refractivity contribution in [1.82, 2.24) is 0 Å². The number of esters is 1. The van der Waals surface area contributed by atoms with E-state index in [9.17, 15) is 14.4 Å². The van der Waals surface area contributed by atoms with Crippen LogP contribution < -0.4 is 15.4 Å². The summed E-state index contributed by atoms with van der Waals surface area (Å²) in [6.45, 7) is 2.97. The number of carbonyl (C=O) groups excluding carboxylic acids is 3. The summed E-state index contributed by atoms with van der Waals surface area (Å²) in [5.41, 5.74) is 2.54. The van der Waals surface area contributed by atoms with E-state index >= 15 is 0 Å². The predicted octanol–water partition coefficient (Wildman–Crippen LogP) is 4.54. The van der Waals surface area contributed by atoms with Crippen molar-refractivity contribution >= 4 is 29.2 Å². The number of amides is 2. The molecule has 31 heavy (non-hydrogen) atoms. The van der Waals surface area contributed by atoms with Crippen LogP contribution >= 0.6 is 0 Å². The van der Waals surface area contributed by atoms with Gasteiger partial charge >= 0.3 is 5.97 Å². The topological polar surface area (TPSA) is 93.7 Å². The number of hydrogen-bond acceptors (Lipinski definition) is 5. The summed E-state index contributed by atoms with van der Waals surface area (Å²) in [5, 5.41) is 5.26. The van der Waals surface area contributed by atoms with Crippen molar-refractivity contribution in [1.29, 1.82) is 0 Å². The van der Waals surface area contributed by atoms with Crippen molar-refractivity contribution in [3.63, 3.8) is 0 Å². The first-order valence-electron chi connectivity index (χ1n) is 9.58. The molecule has 0 saturated heterocycles. The molecular formula is C24H22N2O5. The van der Waals surface area contributed by atoms with Crippen molar-refractivity contribution in [3.8, 4) is 11.5 Å². The second kappa shape index (κ2) is 10.1. The lowest BCUT2D eigenvalue weighted by Crippen LogP contribution is -2.20. The minimum absolute atomic E-state index is 0.207. The van der Waals surface area contributed by atoms with E-state index in [1.54, 1.807) is 36.4 Å². The Balaban J connectivity index is 1.47. The lowest BCUT2D eigenvalue weighted by molar-refractivity contribution is -0.119. The van der Waals surface area contributed by atoms with Gasteiger partial charge in [0.25, 0.3) is 5.91 Å². The predicted molar refractivity (Wildman–Crippen MR) is 117 cm³/mol. The van der Waals surface area contributed by atoms with Gasteiger partial charge in [-0.25, -0.2) is 4.79 Å². The molecular weight excluding hydrogens is 396 g/mol. The van der Waals surface area contributed by atoms with Gasteiger partial charge in [-0.3, -0.25) is 9.59 Å². The molecule has 2 amide bonds. The molecule has 0 aromatic heterocycles. The quantitative estimate of drug-likeness (QED) is 0.550. The Hall–Kier alpha value is -4.13. The summed E-state index contributed by atoms with van der Waals surface area (Å²) in [5.74, 6) is 0.0546. The highest BCUT2D eigenvalue weighted by Gasteiger charge is 2.11. The average molecular weight is 418 g/mol. The van der Waals surface area contributed by atoms with Gasteiger partial charge in [0, 0.05) is 18.3 Å². The maximum Gasteiger partial charge on any atom is 0.338 e. The third-order valence-electron chi connectivity index (χ3n) is 4.17. The highest BCUT2D eigenvalue weighted by atomic mass is 16.5. The van der Waals surface area contributed by atoms with Gasteiger partial charge in [-0.2, -0.15) is 0 Å². The van der Waals surface area contributed by atoms with Crippen LogP contribution in [-0.4, -0.2) is 24.4 Å². The number of rotatable bonds is 7. The molecule has 2 N–H and O–H groups in total. The molecule has 7 nitrogen and oxygen atoms in total. The van der Waals surface area contributed by atoms with Gasteiger partial charge in [-0.05, 0) is 67.6 Å². The largest absolute Gasteiger partial charge is 0.457 e. The number of aryl methyl sites for hydroxylation is 1. The van der Waals surface area contributed by atoms with E-state index in [-0.39, 0.29) is 11.5 Å². The maximum atomic E-state index is 12.1. The van der Waals surface area contributed by atoms with Crippen LogP contribution in [0.25, 0.3) is 0 Å². The SMILES string of the molecule is CC(=O)Nc1ccc(C(=O)OCC(=O)Nc2ccc(Oc3ccc(C)cc3)cc2)cc1. The fraction of sp³-hybridized carbons (Fsp3) is 0.125. The fourth-order valence-corrected chi connectivity index (χ4v) is 2.65. The zero-order chi connectivity index (χ0) is 22.2. The van der Waals surface area contributed by atoms with Crippen LogP contribution in [-0.2, 0) is 14.3 Å². The lowest BCUT2D eigenvalue weighted by Gasteiger charge is -2.09. The smallest absolute Gasteiger partial charge is 0.338 e. The Kier molecular flexibility index (Phi) is 7.01. The van der Waals surface area contributed by atoms with Gasteiger partial charge in [0.05, 0.1) is 5.56 Å².